The first kappa shape index (κ1) is 12.7. The lowest BCUT2D eigenvalue weighted by atomic mass is 10.1. The first-order valence-electron chi connectivity index (χ1n) is 6.87. The molecule has 0 atom stereocenters. The SMILES string of the molecule is Cc1ccc(-c2nccn2Cc2ccccc2C)cc1. The zero-order valence-corrected chi connectivity index (χ0v) is 11.9. The molecule has 0 saturated carbocycles. The van der Waals surface area contributed by atoms with Crippen molar-refractivity contribution in [1.29, 1.82) is 0 Å². The summed E-state index contributed by atoms with van der Waals surface area (Å²) < 4.78 is 2.20. The quantitative estimate of drug-likeness (QED) is 0.691. The van der Waals surface area contributed by atoms with Crippen LogP contribution in [-0.4, -0.2) is 9.55 Å². The molecule has 2 aromatic carbocycles. The molecule has 0 amide bonds. The summed E-state index contributed by atoms with van der Waals surface area (Å²) in [6, 6.07) is 17.0. The molecule has 0 saturated heterocycles. The Balaban J connectivity index is 1.95. The first-order valence-corrected chi connectivity index (χ1v) is 6.87. The van der Waals surface area contributed by atoms with Crippen LogP contribution in [0.5, 0.6) is 0 Å². The van der Waals surface area contributed by atoms with E-state index >= 15 is 0 Å². The van der Waals surface area contributed by atoms with E-state index in [1.165, 1.54) is 16.7 Å². The normalized spacial score (nSPS) is 10.7. The fraction of sp³-hybridized carbons (Fsp3) is 0.167. The molecule has 0 aliphatic rings. The fourth-order valence-corrected chi connectivity index (χ4v) is 2.37. The maximum Gasteiger partial charge on any atom is 0.140 e. The van der Waals surface area contributed by atoms with Gasteiger partial charge >= 0.3 is 0 Å². The molecule has 0 aliphatic carbocycles. The fourth-order valence-electron chi connectivity index (χ4n) is 2.37. The highest BCUT2D eigenvalue weighted by Crippen LogP contribution is 2.20. The second kappa shape index (κ2) is 5.33. The van der Waals surface area contributed by atoms with Crippen molar-refractivity contribution >= 4 is 0 Å². The van der Waals surface area contributed by atoms with Crippen LogP contribution in [0.15, 0.2) is 60.9 Å². The van der Waals surface area contributed by atoms with E-state index < -0.39 is 0 Å². The van der Waals surface area contributed by atoms with Gasteiger partial charge in [-0.15, -0.1) is 0 Å². The van der Waals surface area contributed by atoms with Crippen molar-refractivity contribution < 1.29 is 0 Å². The lowest BCUT2D eigenvalue weighted by Crippen LogP contribution is -2.02. The molecule has 0 bridgehead atoms. The highest BCUT2D eigenvalue weighted by molar-refractivity contribution is 5.56. The Morgan fingerprint density at radius 3 is 2.45 bits per heavy atom. The predicted octanol–water partition coefficient (Wildman–Crippen LogP) is 4.22. The molecular formula is C18H18N2. The van der Waals surface area contributed by atoms with E-state index in [-0.39, 0.29) is 0 Å². The van der Waals surface area contributed by atoms with Crippen LogP contribution < -0.4 is 0 Å². The summed E-state index contributed by atoms with van der Waals surface area (Å²) in [5.74, 6) is 1.02. The average molecular weight is 262 g/mol. The molecule has 20 heavy (non-hydrogen) atoms. The van der Waals surface area contributed by atoms with Gasteiger partial charge in [0.2, 0.25) is 0 Å². The number of imidazole rings is 1. The number of benzene rings is 2. The third-order valence-corrected chi connectivity index (χ3v) is 3.63. The largest absolute Gasteiger partial charge is 0.327 e. The number of aryl methyl sites for hydroxylation is 2. The topological polar surface area (TPSA) is 17.8 Å². The minimum Gasteiger partial charge on any atom is -0.327 e. The van der Waals surface area contributed by atoms with Gasteiger partial charge in [-0.3, -0.25) is 0 Å². The minimum atomic E-state index is 0.857. The molecule has 0 spiro atoms. The highest BCUT2D eigenvalue weighted by atomic mass is 15.1. The summed E-state index contributed by atoms with van der Waals surface area (Å²) in [4.78, 5) is 4.50. The predicted molar refractivity (Wildman–Crippen MR) is 82.7 cm³/mol. The molecule has 3 rings (SSSR count). The Kier molecular flexibility index (Phi) is 3.38. The van der Waals surface area contributed by atoms with Crippen LogP contribution in [0.1, 0.15) is 16.7 Å². The average Bonchev–Trinajstić information content (AvgIpc) is 2.90. The van der Waals surface area contributed by atoms with Crippen LogP contribution in [0.2, 0.25) is 0 Å². The van der Waals surface area contributed by atoms with Crippen LogP contribution in [0, 0.1) is 13.8 Å². The molecule has 3 aromatic rings. The van der Waals surface area contributed by atoms with Crippen molar-refractivity contribution in [2.24, 2.45) is 0 Å². The first-order chi connectivity index (χ1) is 9.74. The van der Waals surface area contributed by atoms with Gasteiger partial charge in [0.15, 0.2) is 0 Å². The smallest absolute Gasteiger partial charge is 0.140 e. The van der Waals surface area contributed by atoms with Gasteiger partial charge in [0.1, 0.15) is 5.82 Å². The second-order valence-corrected chi connectivity index (χ2v) is 5.17. The Hall–Kier alpha value is -2.35. The van der Waals surface area contributed by atoms with Crippen LogP contribution >= 0.6 is 0 Å². The molecular weight excluding hydrogens is 244 g/mol. The van der Waals surface area contributed by atoms with Gasteiger partial charge in [-0.1, -0.05) is 54.1 Å². The molecule has 0 fully saturated rings. The number of hydrogen-bond acceptors (Lipinski definition) is 1. The molecule has 0 N–H and O–H groups in total. The number of aromatic nitrogens is 2. The summed E-state index contributed by atoms with van der Waals surface area (Å²) >= 11 is 0. The van der Waals surface area contributed by atoms with Crippen molar-refractivity contribution in [3.05, 3.63) is 77.6 Å². The van der Waals surface area contributed by atoms with Crippen molar-refractivity contribution in [1.82, 2.24) is 9.55 Å². The van der Waals surface area contributed by atoms with E-state index in [4.69, 9.17) is 0 Å². The lowest BCUT2D eigenvalue weighted by molar-refractivity contribution is 0.801. The van der Waals surface area contributed by atoms with Gasteiger partial charge in [-0.2, -0.15) is 0 Å². The van der Waals surface area contributed by atoms with Crippen LogP contribution in [0.4, 0.5) is 0 Å². The van der Waals surface area contributed by atoms with Crippen molar-refractivity contribution in [2.75, 3.05) is 0 Å². The molecule has 0 unspecified atom stereocenters. The summed E-state index contributed by atoms with van der Waals surface area (Å²) in [6.45, 7) is 5.11. The van der Waals surface area contributed by atoms with Crippen molar-refractivity contribution in [3.8, 4) is 11.4 Å². The van der Waals surface area contributed by atoms with Gasteiger partial charge in [-0.25, -0.2) is 4.98 Å². The third kappa shape index (κ3) is 2.50. The summed E-state index contributed by atoms with van der Waals surface area (Å²) in [5.41, 5.74) is 5.08. The van der Waals surface area contributed by atoms with Gasteiger partial charge in [-0.05, 0) is 25.0 Å². The molecule has 0 radical (unpaired) electrons. The monoisotopic (exact) mass is 262 g/mol. The maximum atomic E-state index is 4.50. The van der Waals surface area contributed by atoms with Gasteiger partial charge in [0.05, 0.1) is 0 Å². The minimum absolute atomic E-state index is 0.857. The molecule has 2 heteroatoms. The molecule has 1 aromatic heterocycles. The van der Waals surface area contributed by atoms with Crippen molar-refractivity contribution in [3.63, 3.8) is 0 Å². The zero-order valence-electron chi connectivity index (χ0n) is 11.9. The third-order valence-electron chi connectivity index (χ3n) is 3.63. The molecule has 0 aliphatic heterocycles. The highest BCUT2D eigenvalue weighted by Gasteiger charge is 2.07. The Morgan fingerprint density at radius 1 is 0.950 bits per heavy atom. The van der Waals surface area contributed by atoms with Gasteiger partial charge < -0.3 is 4.57 Å². The van der Waals surface area contributed by atoms with Crippen LogP contribution in [-0.2, 0) is 6.54 Å². The van der Waals surface area contributed by atoms with Gasteiger partial charge in [0, 0.05) is 24.5 Å². The van der Waals surface area contributed by atoms with E-state index in [0.717, 1.165) is 17.9 Å². The Labute approximate surface area is 119 Å². The number of hydrogen-bond donors (Lipinski definition) is 0. The van der Waals surface area contributed by atoms with Crippen LogP contribution in [0.25, 0.3) is 11.4 Å². The van der Waals surface area contributed by atoms with Crippen molar-refractivity contribution in [2.45, 2.75) is 20.4 Å². The maximum absolute atomic E-state index is 4.50. The molecule has 1 heterocycles. The summed E-state index contributed by atoms with van der Waals surface area (Å²) in [7, 11) is 0. The Morgan fingerprint density at radius 2 is 1.70 bits per heavy atom. The summed E-state index contributed by atoms with van der Waals surface area (Å²) in [6.07, 6.45) is 3.91. The zero-order chi connectivity index (χ0) is 13.9. The molecule has 2 nitrogen and oxygen atoms in total. The lowest BCUT2D eigenvalue weighted by Gasteiger charge is -2.10. The second-order valence-electron chi connectivity index (χ2n) is 5.17. The number of rotatable bonds is 3. The van der Waals surface area contributed by atoms with E-state index in [1.807, 2.05) is 12.4 Å². The van der Waals surface area contributed by atoms with Crippen LogP contribution in [0.3, 0.4) is 0 Å². The number of nitrogens with zero attached hydrogens (tertiary/aromatic N) is 2. The standard InChI is InChI=1S/C18H18N2/c1-14-7-9-16(10-8-14)18-19-11-12-20(18)13-17-6-4-3-5-15(17)2/h3-12H,13H2,1-2H3. The Bertz CT molecular complexity index is 708. The molecule has 100 valence electrons. The van der Waals surface area contributed by atoms with Gasteiger partial charge in [0.25, 0.3) is 0 Å². The van der Waals surface area contributed by atoms with E-state index in [0.29, 0.717) is 0 Å². The van der Waals surface area contributed by atoms with E-state index in [9.17, 15) is 0 Å². The van der Waals surface area contributed by atoms with E-state index in [1.54, 1.807) is 0 Å². The summed E-state index contributed by atoms with van der Waals surface area (Å²) in [5, 5.41) is 0. The van der Waals surface area contributed by atoms with E-state index in [2.05, 4.69) is 71.9 Å².